The molecule has 0 unspecified atom stereocenters. The van der Waals surface area contributed by atoms with Crippen LogP contribution < -0.4 is 16.0 Å². The van der Waals surface area contributed by atoms with E-state index >= 15 is 0 Å². The number of carbonyl (C=O) groups is 4. The van der Waals surface area contributed by atoms with Crippen LogP contribution >= 0.6 is 0 Å². The van der Waals surface area contributed by atoms with Gasteiger partial charge in [0.15, 0.2) is 5.69 Å². The van der Waals surface area contributed by atoms with E-state index < -0.39 is 24.3 Å². The van der Waals surface area contributed by atoms with Gasteiger partial charge in [0.25, 0.3) is 11.8 Å². The number of rotatable bonds is 14. The molecule has 0 spiro atoms. The van der Waals surface area contributed by atoms with Gasteiger partial charge in [-0.3, -0.25) is 19.2 Å². The van der Waals surface area contributed by atoms with Crippen LogP contribution in [0.25, 0.3) is 0 Å². The fourth-order valence-corrected chi connectivity index (χ4v) is 6.19. The van der Waals surface area contributed by atoms with Gasteiger partial charge in [0.1, 0.15) is 18.8 Å². The zero-order chi connectivity index (χ0) is 33.0. The smallest absolute Gasteiger partial charge is 0.322 e. The van der Waals surface area contributed by atoms with Crippen LogP contribution in [0.5, 0.6) is 0 Å². The van der Waals surface area contributed by atoms with Crippen molar-refractivity contribution in [1.82, 2.24) is 25.7 Å². The number of hydrogen-bond donors (Lipinski definition) is 4. The quantitative estimate of drug-likeness (QED) is 0.207. The Hall–Kier alpha value is -4.55. The maximum Gasteiger partial charge on any atom is 0.322 e. The average Bonchev–Trinajstić information content (AvgIpc) is 3.51. The lowest BCUT2D eigenvalue weighted by Crippen LogP contribution is -2.48. The topological polar surface area (TPSA) is 161 Å². The van der Waals surface area contributed by atoms with Crippen LogP contribution in [0, 0.1) is 0 Å². The Morgan fingerprint density at radius 2 is 1.28 bits per heavy atom. The average molecular weight is 646 g/mol. The van der Waals surface area contributed by atoms with E-state index in [1.807, 2.05) is 60.7 Å². The zero-order valence-corrected chi connectivity index (χ0v) is 26.4. The van der Waals surface area contributed by atoms with Crippen LogP contribution in [0.2, 0.25) is 0 Å². The molecule has 250 valence electrons. The maximum atomic E-state index is 13.7. The van der Waals surface area contributed by atoms with Crippen LogP contribution in [0.3, 0.4) is 0 Å². The van der Waals surface area contributed by atoms with Gasteiger partial charge in [-0.05, 0) is 36.8 Å². The standard InChI is InChI=1S/C35H43N5O7/c41-32(37-26-15-7-9-17-30(26)46-22-24-11-3-1-4-12-24)21-40-29(19-28(39-40)34(44)36-20-33(42)43)35(45)38-27-16-8-10-18-31(27)47-23-25-13-5-2-6-14-25/h1-6,11-14,19,26-27,30-31H,7-10,15-18,20-23H2,(H,36,44)(H,37,41)(H,38,45)(H,42,43)/t26-,27-,30-,31-/m0/s1. The minimum atomic E-state index is -1.22. The lowest BCUT2D eigenvalue weighted by Gasteiger charge is -2.32. The molecule has 3 amide bonds. The van der Waals surface area contributed by atoms with Crippen molar-refractivity contribution in [2.45, 2.75) is 95.4 Å². The molecule has 1 heterocycles. The van der Waals surface area contributed by atoms with Crippen LogP contribution in [0.4, 0.5) is 0 Å². The maximum absolute atomic E-state index is 13.7. The predicted molar refractivity (Wildman–Crippen MR) is 172 cm³/mol. The third-order valence-electron chi connectivity index (χ3n) is 8.62. The number of aliphatic carboxylic acids is 1. The Labute approximate surface area is 274 Å². The fraction of sp³-hybridized carbons (Fsp3) is 0.457. The molecule has 2 fully saturated rings. The number of benzene rings is 2. The van der Waals surface area contributed by atoms with Crippen molar-refractivity contribution in [2.24, 2.45) is 0 Å². The number of ether oxygens (including phenoxy) is 2. The molecule has 47 heavy (non-hydrogen) atoms. The summed E-state index contributed by atoms with van der Waals surface area (Å²) < 4.78 is 13.6. The summed E-state index contributed by atoms with van der Waals surface area (Å²) in [7, 11) is 0. The molecule has 4 N–H and O–H groups in total. The molecule has 2 saturated carbocycles. The molecule has 1 aromatic heterocycles. The van der Waals surface area contributed by atoms with E-state index in [1.54, 1.807) is 0 Å². The summed E-state index contributed by atoms with van der Waals surface area (Å²) in [4.78, 5) is 50.8. The highest BCUT2D eigenvalue weighted by Gasteiger charge is 2.31. The van der Waals surface area contributed by atoms with Crippen molar-refractivity contribution in [3.8, 4) is 0 Å². The Balaban J connectivity index is 1.27. The van der Waals surface area contributed by atoms with E-state index in [4.69, 9.17) is 14.6 Å². The second-order valence-corrected chi connectivity index (χ2v) is 12.1. The number of hydrogen-bond acceptors (Lipinski definition) is 7. The minimum Gasteiger partial charge on any atom is -0.480 e. The first kappa shape index (κ1) is 33.8. The molecular weight excluding hydrogens is 602 g/mol. The summed E-state index contributed by atoms with van der Waals surface area (Å²) in [6, 6.07) is 20.5. The van der Waals surface area contributed by atoms with Gasteiger partial charge < -0.3 is 30.5 Å². The van der Waals surface area contributed by atoms with E-state index in [1.165, 1.54) is 10.7 Å². The van der Waals surface area contributed by atoms with Gasteiger partial charge in [-0.1, -0.05) is 86.3 Å². The molecule has 12 nitrogen and oxygen atoms in total. The van der Waals surface area contributed by atoms with E-state index in [9.17, 15) is 19.2 Å². The van der Waals surface area contributed by atoms with Gasteiger partial charge in [-0.2, -0.15) is 5.10 Å². The predicted octanol–water partition coefficient (Wildman–Crippen LogP) is 3.60. The fourth-order valence-electron chi connectivity index (χ4n) is 6.19. The molecule has 0 radical (unpaired) electrons. The van der Waals surface area contributed by atoms with Gasteiger partial charge in [0, 0.05) is 6.07 Å². The molecule has 3 aromatic rings. The lowest BCUT2D eigenvalue weighted by atomic mass is 9.92. The molecule has 0 aliphatic heterocycles. The van der Waals surface area contributed by atoms with Crippen molar-refractivity contribution in [1.29, 1.82) is 0 Å². The number of carbonyl (C=O) groups excluding carboxylic acids is 3. The number of nitrogens with one attached hydrogen (secondary N) is 3. The van der Waals surface area contributed by atoms with Gasteiger partial charge >= 0.3 is 5.97 Å². The Morgan fingerprint density at radius 3 is 1.83 bits per heavy atom. The summed E-state index contributed by atoms with van der Waals surface area (Å²) in [5, 5.41) is 21.6. The van der Waals surface area contributed by atoms with Crippen molar-refractivity contribution >= 4 is 23.7 Å². The van der Waals surface area contributed by atoms with Crippen LogP contribution in [-0.4, -0.2) is 69.4 Å². The summed E-state index contributed by atoms with van der Waals surface area (Å²) in [5.41, 5.74) is 1.95. The third kappa shape index (κ3) is 9.97. The molecule has 5 rings (SSSR count). The largest absolute Gasteiger partial charge is 0.480 e. The Kier molecular flexibility index (Phi) is 12.1. The van der Waals surface area contributed by atoms with Crippen LogP contribution in [-0.2, 0) is 38.8 Å². The van der Waals surface area contributed by atoms with E-state index in [0.717, 1.165) is 62.5 Å². The molecule has 2 aromatic carbocycles. The highest BCUT2D eigenvalue weighted by Crippen LogP contribution is 2.24. The number of carboxylic acids is 1. The van der Waals surface area contributed by atoms with Gasteiger partial charge in [0.2, 0.25) is 5.91 Å². The van der Waals surface area contributed by atoms with Crippen LogP contribution in [0.15, 0.2) is 66.7 Å². The lowest BCUT2D eigenvalue weighted by molar-refractivity contribution is -0.135. The first-order valence-corrected chi connectivity index (χ1v) is 16.3. The van der Waals surface area contributed by atoms with E-state index in [2.05, 4.69) is 21.0 Å². The van der Waals surface area contributed by atoms with Gasteiger partial charge in [0.05, 0.1) is 37.5 Å². The van der Waals surface area contributed by atoms with Crippen LogP contribution in [0.1, 0.15) is 83.5 Å². The monoisotopic (exact) mass is 645 g/mol. The van der Waals surface area contributed by atoms with Gasteiger partial charge in [-0.15, -0.1) is 0 Å². The highest BCUT2D eigenvalue weighted by molar-refractivity contribution is 5.99. The summed E-state index contributed by atoms with van der Waals surface area (Å²) >= 11 is 0. The SMILES string of the molecule is O=C(O)CNC(=O)c1cc(C(=O)N[C@H]2CCCC[C@@H]2OCc2ccccc2)n(CC(=O)N[C@H]2CCCC[C@@H]2OCc2ccccc2)n1. The minimum absolute atomic E-state index is 0.0218. The second-order valence-electron chi connectivity index (χ2n) is 12.1. The molecule has 0 saturated heterocycles. The van der Waals surface area contributed by atoms with E-state index in [0.29, 0.717) is 13.2 Å². The van der Waals surface area contributed by atoms with Crippen molar-refractivity contribution in [2.75, 3.05) is 6.54 Å². The van der Waals surface area contributed by atoms with E-state index in [-0.39, 0.29) is 48.1 Å². The second kappa shape index (κ2) is 16.8. The molecule has 0 bridgehead atoms. The zero-order valence-electron chi connectivity index (χ0n) is 26.4. The summed E-state index contributed by atoms with van der Waals surface area (Å²) in [6.07, 6.45) is 6.58. The molecule has 2 aliphatic rings. The number of carboxylic acid groups (broad SMARTS) is 1. The Morgan fingerprint density at radius 1 is 0.745 bits per heavy atom. The highest BCUT2D eigenvalue weighted by atomic mass is 16.5. The molecule has 2 aliphatic carbocycles. The summed E-state index contributed by atoms with van der Waals surface area (Å²) in [6.45, 7) is -0.0633. The number of aromatic nitrogens is 2. The van der Waals surface area contributed by atoms with Gasteiger partial charge in [-0.25, -0.2) is 4.68 Å². The molecular formula is C35H43N5O7. The normalized spacial score (nSPS) is 21.0. The third-order valence-corrected chi connectivity index (χ3v) is 8.62. The Bertz CT molecular complexity index is 1500. The first-order chi connectivity index (χ1) is 22.9. The number of nitrogens with zero attached hydrogens (tertiary/aromatic N) is 2. The summed E-state index contributed by atoms with van der Waals surface area (Å²) in [5.74, 6) is -2.85. The van der Waals surface area contributed by atoms with Crippen molar-refractivity contribution in [3.63, 3.8) is 0 Å². The molecule has 4 atom stereocenters. The molecule has 12 heteroatoms. The van der Waals surface area contributed by atoms with Crippen molar-refractivity contribution < 1.29 is 33.8 Å². The van der Waals surface area contributed by atoms with Crippen molar-refractivity contribution in [3.05, 3.63) is 89.2 Å². The number of amides is 3. The first-order valence-electron chi connectivity index (χ1n) is 16.3.